The number of aromatic nitrogens is 3. The summed E-state index contributed by atoms with van der Waals surface area (Å²) in [5.74, 6) is -0.250. The van der Waals surface area contributed by atoms with Crippen molar-refractivity contribution in [3.8, 4) is 11.3 Å². The molecule has 0 bridgehead atoms. The first-order chi connectivity index (χ1) is 17.1. The van der Waals surface area contributed by atoms with E-state index in [1.54, 1.807) is 32.9 Å². The minimum absolute atomic E-state index is 0.0346. The van der Waals surface area contributed by atoms with Crippen LogP contribution in [0.1, 0.15) is 57.2 Å². The van der Waals surface area contributed by atoms with E-state index in [0.717, 1.165) is 31.9 Å². The van der Waals surface area contributed by atoms with E-state index < -0.39 is 17.2 Å². The smallest absolute Gasteiger partial charge is 0.223 e. The summed E-state index contributed by atoms with van der Waals surface area (Å²) in [6.07, 6.45) is 5.53. The lowest BCUT2D eigenvalue weighted by atomic mass is 9.92. The molecule has 0 unspecified atom stereocenters. The van der Waals surface area contributed by atoms with Gasteiger partial charge in [-0.05, 0) is 76.1 Å². The number of aliphatic hydroxyl groups is 1. The number of aryl methyl sites for hydroxylation is 1. The van der Waals surface area contributed by atoms with Crippen molar-refractivity contribution in [2.24, 2.45) is 5.92 Å². The van der Waals surface area contributed by atoms with Crippen LogP contribution in [0.15, 0.2) is 24.4 Å². The lowest BCUT2D eigenvalue weighted by Crippen LogP contribution is -2.42. The lowest BCUT2D eigenvalue weighted by Gasteiger charge is -2.32. The number of hydrogen-bond donors (Lipinski definition) is 2. The Morgan fingerprint density at radius 3 is 2.50 bits per heavy atom. The van der Waals surface area contributed by atoms with Gasteiger partial charge in [0.25, 0.3) is 0 Å². The van der Waals surface area contributed by atoms with Crippen molar-refractivity contribution in [2.45, 2.75) is 64.5 Å². The Balaban J connectivity index is 1.38. The average molecular weight is 496 g/mol. The number of nitrogens with zero attached hydrogens (tertiary/aromatic N) is 4. The molecule has 1 saturated heterocycles. The zero-order chi connectivity index (χ0) is 25.6. The lowest BCUT2D eigenvalue weighted by molar-refractivity contribution is -0.132. The number of carbonyl (C=O) groups is 1. The maximum absolute atomic E-state index is 15.1. The van der Waals surface area contributed by atoms with Gasteiger partial charge in [0, 0.05) is 42.2 Å². The van der Waals surface area contributed by atoms with Gasteiger partial charge >= 0.3 is 0 Å². The predicted molar refractivity (Wildman–Crippen MR) is 133 cm³/mol. The van der Waals surface area contributed by atoms with Crippen LogP contribution in [-0.4, -0.2) is 50.0 Å². The molecule has 0 radical (unpaired) electrons. The first-order valence-corrected chi connectivity index (χ1v) is 12.5. The highest BCUT2D eigenvalue weighted by Gasteiger charge is 2.29. The first kappa shape index (κ1) is 24.5. The summed E-state index contributed by atoms with van der Waals surface area (Å²) in [7, 11) is 0. The van der Waals surface area contributed by atoms with Gasteiger partial charge in [-0.15, -0.1) is 0 Å². The number of amides is 1. The van der Waals surface area contributed by atoms with Crippen LogP contribution in [0.2, 0.25) is 0 Å². The van der Waals surface area contributed by atoms with E-state index in [-0.39, 0.29) is 34.7 Å². The topological polar surface area (TPSA) is 91.2 Å². The summed E-state index contributed by atoms with van der Waals surface area (Å²) in [6, 6.07) is 4.58. The summed E-state index contributed by atoms with van der Waals surface area (Å²) in [6.45, 7) is 6.30. The van der Waals surface area contributed by atoms with Crippen LogP contribution in [0.5, 0.6) is 0 Å². The molecule has 1 aliphatic heterocycles. The van der Waals surface area contributed by atoms with E-state index in [9.17, 15) is 14.3 Å². The second-order valence-electron chi connectivity index (χ2n) is 10.6. The van der Waals surface area contributed by atoms with Gasteiger partial charge in [-0.2, -0.15) is 0 Å². The van der Waals surface area contributed by atoms with Crippen LogP contribution < -0.4 is 5.32 Å². The van der Waals surface area contributed by atoms with Crippen molar-refractivity contribution in [2.75, 3.05) is 18.4 Å². The van der Waals surface area contributed by atoms with Gasteiger partial charge in [0.1, 0.15) is 17.0 Å². The molecule has 2 aromatic heterocycles. The molecule has 2 N–H and O–H groups in total. The third kappa shape index (κ3) is 5.16. The highest BCUT2D eigenvalue weighted by molar-refractivity contribution is 5.88. The van der Waals surface area contributed by atoms with Crippen molar-refractivity contribution in [1.82, 2.24) is 19.9 Å². The normalized spacial score (nSPS) is 17.0. The molecule has 9 heteroatoms. The molecule has 2 fully saturated rings. The number of pyridine rings is 1. The molecular formula is C27H31F2N5O2. The van der Waals surface area contributed by atoms with Crippen molar-refractivity contribution < 1.29 is 18.7 Å². The molecule has 3 aromatic rings. The summed E-state index contributed by atoms with van der Waals surface area (Å²) in [5, 5.41) is 14.3. The maximum atomic E-state index is 15.1. The van der Waals surface area contributed by atoms with E-state index in [4.69, 9.17) is 0 Å². The highest BCUT2D eigenvalue weighted by atomic mass is 19.1. The third-order valence-corrected chi connectivity index (χ3v) is 7.01. The van der Waals surface area contributed by atoms with E-state index in [2.05, 4.69) is 20.3 Å². The van der Waals surface area contributed by atoms with E-state index in [1.807, 2.05) is 4.90 Å². The van der Waals surface area contributed by atoms with Gasteiger partial charge in [-0.25, -0.2) is 18.7 Å². The van der Waals surface area contributed by atoms with Crippen LogP contribution in [0.3, 0.4) is 0 Å². The van der Waals surface area contributed by atoms with Crippen LogP contribution in [0.25, 0.3) is 22.2 Å². The Kier molecular flexibility index (Phi) is 6.36. The number of nitrogens with one attached hydrogen (secondary N) is 1. The molecular weight excluding hydrogens is 464 g/mol. The summed E-state index contributed by atoms with van der Waals surface area (Å²) < 4.78 is 29.9. The molecule has 1 saturated carbocycles. The largest absolute Gasteiger partial charge is 0.386 e. The minimum atomic E-state index is -1.25. The van der Waals surface area contributed by atoms with Gasteiger partial charge < -0.3 is 15.3 Å². The van der Waals surface area contributed by atoms with Gasteiger partial charge in [0.2, 0.25) is 11.9 Å². The molecule has 1 amide bonds. The van der Waals surface area contributed by atoms with Crippen molar-refractivity contribution in [3.05, 3.63) is 47.3 Å². The summed E-state index contributed by atoms with van der Waals surface area (Å²) in [4.78, 5) is 27.0. The average Bonchev–Trinajstić information content (AvgIpc) is 3.64. The molecule has 5 rings (SSSR count). The quantitative estimate of drug-likeness (QED) is 0.515. The number of halogens is 2. The van der Waals surface area contributed by atoms with Gasteiger partial charge in [0.15, 0.2) is 5.82 Å². The zero-order valence-corrected chi connectivity index (χ0v) is 20.8. The van der Waals surface area contributed by atoms with E-state index in [0.29, 0.717) is 42.1 Å². The molecule has 2 aliphatic rings. The number of hydrogen-bond acceptors (Lipinski definition) is 6. The summed E-state index contributed by atoms with van der Waals surface area (Å²) in [5.41, 5.74) is 0.148. The number of anilines is 1. The van der Waals surface area contributed by atoms with Crippen molar-refractivity contribution in [1.29, 1.82) is 0 Å². The van der Waals surface area contributed by atoms with E-state index >= 15 is 4.39 Å². The number of carbonyl (C=O) groups excluding carboxylic acids is 1. The zero-order valence-electron chi connectivity index (χ0n) is 20.8. The third-order valence-electron chi connectivity index (χ3n) is 7.01. The second-order valence-corrected chi connectivity index (χ2v) is 10.6. The van der Waals surface area contributed by atoms with Gasteiger partial charge in [-0.3, -0.25) is 9.78 Å². The van der Waals surface area contributed by atoms with Crippen molar-refractivity contribution >= 4 is 22.8 Å². The number of fused-ring (bicyclic) bond motifs is 1. The number of benzene rings is 1. The molecule has 190 valence electrons. The van der Waals surface area contributed by atoms with Crippen molar-refractivity contribution in [3.63, 3.8) is 0 Å². The molecule has 36 heavy (non-hydrogen) atoms. The van der Waals surface area contributed by atoms with E-state index in [1.165, 1.54) is 6.07 Å². The van der Waals surface area contributed by atoms with Crippen LogP contribution in [0.4, 0.5) is 14.7 Å². The fourth-order valence-corrected chi connectivity index (χ4v) is 4.85. The maximum Gasteiger partial charge on any atom is 0.223 e. The standard InChI is InChI=1S/C27H31F2N5O2/c1-15-10-20(27(2,3)36)19-12-17(13-21(28)25(19)31-15)24-22(29)14-30-26(33-24)32-18-6-8-34(9-7-18)23(35)11-16-4-5-16/h10,12-14,16,18,36H,4-9,11H2,1-3H3,(H,30,32,33). The Morgan fingerprint density at radius 1 is 1.11 bits per heavy atom. The molecule has 0 spiro atoms. The Morgan fingerprint density at radius 2 is 1.83 bits per heavy atom. The van der Waals surface area contributed by atoms with Gasteiger partial charge in [-0.1, -0.05) is 0 Å². The Bertz CT molecular complexity index is 1310. The number of piperidine rings is 1. The minimum Gasteiger partial charge on any atom is -0.386 e. The van der Waals surface area contributed by atoms with Gasteiger partial charge in [0.05, 0.1) is 11.8 Å². The predicted octanol–water partition coefficient (Wildman–Crippen LogP) is 4.71. The first-order valence-electron chi connectivity index (χ1n) is 12.5. The second kappa shape index (κ2) is 9.35. The summed E-state index contributed by atoms with van der Waals surface area (Å²) >= 11 is 0. The van der Waals surface area contributed by atoms with Crippen LogP contribution in [-0.2, 0) is 10.4 Å². The van der Waals surface area contributed by atoms with Crippen LogP contribution in [0, 0.1) is 24.5 Å². The molecule has 1 aromatic carbocycles. The molecule has 1 aliphatic carbocycles. The highest BCUT2D eigenvalue weighted by Crippen LogP contribution is 2.35. The fourth-order valence-electron chi connectivity index (χ4n) is 4.85. The molecule has 7 nitrogen and oxygen atoms in total. The fraction of sp³-hybridized carbons (Fsp3) is 0.481. The molecule has 0 atom stereocenters. The number of likely N-dealkylation sites (tertiary alicyclic amines) is 1. The monoisotopic (exact) mass is 495 g/mol. The Labute approximate surface area is 209 Å². The number of rotatable bonds is 6. The Hall–Kier alpha value is -3.20. The SMILES string of the molecule is Cc1cc(C(C)(C)O)c2cc(-c3nc(NC4CCN(C(=O)CC5CC5)CC4)ncc3F)cc(F)c2n1. The van der Waals surface area contributed by atoms with Crippen LogP contribution >= 0.6 is 0 Å². The molecule has 3 heterocycles.